The van der Waals surface area contributed by atoms with Gasteiger partial charge in [-0.25, -0.2) is 9.98 Å². The maximum absolute atomic E-state index is 11.6. The van der Waals surface area contributed by atoms with Gasteiger partial charge in [0.05, 0.1) is 0 Å². The normalized spacial score (nSPS) is 11.3. The van der Waals surface area contributed by atoms with E-state index in [1.165, 1.54) is 0 Å². The van der Waals surface area contributed by atoms with Gasteiger partial charge >= 0.3 is 0 Å². The van der Waals surface area contributed by atoms with Crippen molar-refractivity contribution in [2.24, 2.45) is 4.99 Å². The lowest BCUT2D eigenvalue weighted by molar-refractivity contribution is -0.212. The number of rotatable bonds is 2. The van der Waals surface area contributed by atoms with Gasteiger partial charge in [0.1, 0.15) is 0 Å². The highest BCUT2D eigenvalue weighted by atomic mass is 16.3. The standard InChI is InChI=1S/C12H10N2O/c15-12(10-6-2-1-3-7-10)14-11-8-4-5-9-13-11/h1-9H,(H,13,14,15)/p-1. The molecule has 0 aliphatic heterocycles. The van der Waals surface area contributed by atoms with E-state index in [1.54, 1.807) is 48.7 Å². The summed E-state index contributed by atoms with van der Waals surface area (Å²) in [4.78, 5) is 7.84. The molecular formula is C12H9N2O-. The first-order valence-corrected chi connectivity index (χ1v) is 4.58. The molecule has 0 atom stereocenters. The molecule has 0 aliphatic rings. The van der Waals surface area contributed by atoms with E-state index < -0.39 is 0 Å². The summed E-state index contributed by atoms with van der Waals surface area (Å²) in [6.45, 7) is 0. The molecule has 0 fully saturated rings. The highest BCUT2D eigenvalue weighted by molar-refractivity contribution is 5.91. The van der Waals surface area contributed by atoms with Gasteiger partial charge in [0, 0.05) is 6.20 Å². The van der Waals surface area contributed by atoms with E-state index in [1.807, 2.05) is 6.07 Å². The average Bonchev–Trinajstić information content (AvgIpc) is 2.31. The fourth-order valence-corrected chi connectivity index (χ4v) is 1.17. The van der Waals surface area contributed by atoms with Gasteiger partial charge in [0.15, 0.2) is 5.82 Å². The van der Waals surface area contributed by atoms with Crippen LogP contribution in [0.3, 0.4) is 0 Å². The summed E-state index contributed by atoms with van der Waals surface area (Å²) in [5, 5.41) is 11.6. The van der Waals surface area contributed by atoms with E-state index in [0.717, 1.165) is 0 Å². The van der Waals surface area contributed by atoms with Crippen molar-refractivity contribution in [3.63, 3.8) is 0 Å². The second-order valence-corrected chi connectivity index (χ2v) is 2.97. The van der Waals surface area contributed by atoms with Gasteiger partial charge < -0.3 is 5.11 Å². The monoisotopic (exact) mass is 197 g/mol. The molecule has 3 nitrogen and oxygen atoms in total. The summed E-state index contributed by atoms with van der Waals surface area (Å²) >= 11 is 0. The van der Waals surface area contributed by atoms with Gasteiger partial charge in [-0.15, -0.1) is 0 Å². The number of hydrogen-bond donors (Lipinski definition) is 0. The predicted molar refractivity (Wildman–Crippen MR) is 56.9 cm³/mol. The van der Waals surface area contributed by atoms with E-state index in [-0.39, 0.29) is 5.90 Å². The summed E-state index contributed by atoms with van der Waals surface area (Å²) in [5.41, 5.74) is 0.572. The fourth-order valence-electron chi connectivity index (χ4n) is 1.17. The van der Waals surface area contributed by atoms with Gasteiger partial charge in [-0.2, -0.15) is 0 Å². The Balaban J connectivity index is 2.29. The molecule has 74 valence electrons. The molecule has 0 unspecified atom stereocenters. The van der Waals surface area contributed by atoms with Crippen molar-refractivity contribution in [2.75, 3.05) is 0 Å². The summed E-state index contributed by atoms with van der Waals surface area (Å²) in [6, 6.07) is 14.2. The number of aromatic nitrogens is 1. The summed E-state index contributed by atoms with van der Waals surface area (Å²) in [7, 11) is 0. The molecule has 0 saturated carbocycles. The molecule has 0 saturated heterocycles. The van der Waals surface area contributed by atoms with Crippen LogP contribution in [0.4, 0.5) is 5.82 Å². The van der Waals surface area contributed by atoms with Crippen molar-refractivity contribution in [2.45, 2.75) is 0 Å². The first kappa shape index (κ1) is 9.40. The third-order valence-corrected chi connectivity index (χ3v) is 1.89. The molecule has 0 aliphatic carbocycles. The Labute approximate surface area is 87.8 Å². The molecule has 0 bridgehead atoms. The zero-order valence-electron chi connectivity index (χ0n) is 8.00. The second-order valence-electron chi connectivity index (χ2n) is 2.97. The topological polar surface area (TPSA) is 48.3 Å². The van der Waals surface area contributed by atoms with E-state index in [4.69, 9.17) is 0 Å². The minimum absolute atomic E-state index is 0.269. The molecule has 0 N–H and O–H groups in total. The number of aliphatic imine (C=N–C) groups is 1. The van der Waals surface area contributed by atoms with Crippen molar-refractivity contribution in [3.05, 3.63) is 60.3 Å². The van der Waals surface area contributed by atoms with Gasteiger partial charge in [-0.05, 0) is 23.6 Å². The maximum atomic E-state index is 11.6. The minimum atomic E-state index is -0.269. The number of nitrogens with zero attached hydrogens (tertiary/aromatic N) is 2. The Kier molecular flexibility index (Phi) is 2.74. The molecule has 0 radical (unpaired) electrons. The lowest BCUT2D eigenvalue weighted by Crippen LogP contribution is -2.18. The van der Waals surface area contributed by atoms with Crippen LogP contribution in [0.1, 0.15) is 5.56 Å². The Bertz CT molecular complexity index is 452. The molecular weight excluding hydrogens is 188 g/mol. The Morgan fingerprint density at radius 3 is 2.40 bits per heavy atom. The summed E-state index contributed by atoms with van der Waals surface area (Å²) in [5.74, 6) is 0.167. The van der Waals surface area contributed by atoms with E-state index in [9.17, 15) is 5.11 Å². The molecule has 2 rings (SSSR count). The van der Waals surface area contributed by atoms with Crippen LogP contribution in [0.25, 0.3) is 0 Å². The van der Waals surface area contributed by atoms with E-state index >= 15 is 0 Å². The third-order valence-electron chi connectivity index (χ3n) is 1.89. The quantitative estimate of drug-likeness (QED) is 0.541. The van der Waals surface area contributed by atoms with Crippen LogP contribution in [-0.2, 0) is 0 Å². The smallest absolute Gasteiger partial charge is 0.151 e. The highest BCUT2D eigenvalue weighted by Crippen LogP contribution is 2.07. The van der Waals surface area contributed by atoms with Crippen LogP contribution in [0.15, 0.2) is 59.7 Å². The Hall–Kier alpha value is -2.16. The maximum Gasteiger partial charge on any atom is 0.151 e. The molecule has 3 heteroatoms. The van der Waals surface area contributed by atoms with Gasteiger partial charge in [-0.1, -0.05) is 36.4 Å². The number of hydrogen-bond acceptors (Lipinski definition) is 3. The van der Waals surface area contributed by atoms with Crippen LogP contribution in [0.5, 0.6) is 0 Å². The molecule has 1 aromatic carbocycles. The van der Waals surface area contributed by atoms with Crippen molar-refractivity contribution in [1.82, 2.24) is 4.98 Å². The minimum Gasteiger partial charge on any atom is -0.858 e. The molecule has 2 aromatic rings. The molecule has 1 heterocycles. The van der Waals surface area contributed by atoms with Gasteiger partial charge in [0.25, 0.3) is 0 Å². The Morgan fingerprint density at radius 2 is 1.73 bits per heavy atom. The van der Waals surface area contributed by atoms with Crippen LogP contribution >= 0.6 is 0 Å². The van der Waals surface area contributed by atoms with Crippen LogP contribution in [0, 0.1) is 0 Å². The van der Waals surface area contributed by atoms with Crippen LogP contribution in [0.2, 0.25) is 0 Å². The van der Waals surface area contributed by atoms with Crippen molar-refractivity contribution >= 4 is 11.7 Å². The second kappa shape index (κ2) is 4.37. The first-order chi connectivity index (χ1) is 7.36. The average molecular weight is 197 g/mol. The zero-order chi connectivity index (χ0) is 10.5. The van der Waals surface area contributed by atoms with Gasteiger partial charge in [-0.3, -0.25) is 0 Å². The van der Waals surface area contributed by atoms with Crippen molar-refractivity contribution in [3.8, 4) is 0 Å². The SMILES string of the molecule is [O-]/C(=N/c1ccccn1)c1ccccc1. The van der Waals surface area contributed by atoms with Crippen molar-refractivity contribution < 1.29 is 5.11 Å². The Morgan fingerprint density at radius 1 is 1.00 bits per heavy atom. The van der Waals surface area contributed by atoms with Crippen LogP contribution < -0.4 is 5.11 Å². The molecule has 0 spiro atoms. The number of benzene rings is 1. The van der Waals surface area contributed by atoms with Crippen molar-refractivity contribution in [1.29, 1.82) is 0 Å². The molecule has 0 amide bonds. The first-order valence-electron chi connectivity index (χ1n) is 4.58. The fraction of sp³-hybridized carbons (Fsp3) is 0. The summed E-state index contributed by atoms with van der Waals surface area (Å²) in [6.07, 6.45) is 1.61. The summed E-state index contributed by atoms with van der Waals surface area (Å²) < 4.78 is 0. The lowest BCUT2D eigenvalue weighted by Gasteiger charge is -2.09. The van der Waals surface area contributed by atoms with Gasteiger partial charge in [0.2, 0.25) is 0 Å². The van der Waals surface area contributed by atoms with E-state index in [2.05, 4.69) is 9.98 Å². The predicted octanol–water partition coefficient (Wildman–Crippen LogP) is 1.52. The molecule has 1 aromatic heterocycles. The highest BCUT2D eigenvalue weighted by Gasteiger charge is 1.91. The van der Waals surface area contributed by atoms with Crippen LogP contribution in [-0.4, -0.2) is 10.9 Å². The third kappa shape index (κ3) is 2.40. The zero-order valence-corrected chi connectivity index (χ0v) is 8.00. The van der Waals surface area contributed by atoms with E-state index in [0.29, 0.717) is 11.4 Å². The largest absolute Gasteiger partial charge is 0.858 e. The number of pyridine rings is 1. The molecule has 15 heavy (non-hydrogen) atoms. The lowest BCUT2D eigenvalue weighted by atomic mass is 10.2.